The summed E-state index contributed by atoms with van der Waals surface area (Å²) in [4.78, 5) is 13.3. The van der Waals surface area contributed by atoms with Gasteiger partial charge in [0, 0.05) is 24.7 Å². The molecule has 0 spiro atoms. The molecule has 1 amide bonds. The van der Waals surface area contributed by atoms with E-state index in [4.69, 9.17) is 0 Å². The Labute approximate surface area is 185 Å². The summed E-state index contributed by atoms with van der Waals surface area (Å²) in [5, 5.41) is 3.10. The molecule has 0 radical (unpaired) electrons. The Morgan fingerprint density at radius 3 is 2.55 bits per heavy atom. The predicted molar refractivity (Wildman–Crippen MR) is 124 cm³/mol. The number of nitrogens with one attached hydrogen (secondary N) is 1. The van der Waals surface area contributed by atoms with E-state index in [1.54, 1.807) is 10.4 Å². The molecule has 0 unspecified atom stereocenters. The van der Waals surface area contributed by atoms with Crippen molar-refractivity contribution in [2.75, 3.05) is 18.4 Å². The highest BCUT2D eigenvalue weighted by atomic mass is 32.2. The molecular weight excluding hydrogens is 408 g/mol. The lowest BCUT2D eigenvalue weighted by Gasteiger charge is -2.31. The van der Waals surface area contributed by atoms with Crippen LogP contribution in [0, 0.1) is 5.92 Å². The quantitative estimate of drug-likeness (QED) is 0.706. The second-order valence-electron chi connectivity index (χ2n) is 8.85. The van der Waals surface area contributed by atoms with E-state index >= 15 is 0 Å². The highest BCUT2D eigenvalue weighted by Gasteiger charge is 2.33. The Balaban J connectivity index is 1.40. The van der Waals surface area contributed by atoms with Gasteiger partial charge in [-0.05, 0) is 79.3 Å². The Hall–Kier alpha value is -2.18. The molecule has 0 bridgehead atoms. The number of anilines is 1. The van der Waals surface area contributed by atoms with Crippen LogP contribution in [0.5, 0.6) is 0 Å². The van der Waals surface area contributed by atoms with Crippen LogP contribution >= 0.6 is 0 Å². The average Bonchev–Trinajstić information content (AvgIpc) is 3.27. The van der Waals surface area contributed by atoms with Crippen LogP contribution in [0.1, 0.15) is 62.1 Å². The molecule has 2 aromatic rings. The van der Waals surface area contributed by atoms with Gasteiger partial charge in [-0.3, -0.25) is 4.79 Å². The number of benzene rings is 2. The SMILES string of the molecule is CC[C@H](C)c1ccccc1NC(=O)C1CCN(S(=O)(=O)c2ccc3c(c2)CCC3)CC1. The minimum Gasteiger partial charge on any atom is -0.326 e. The molecule has 1 aliphatic heterocycles. The van der Waals surface area contributed by atoms with Crippen molar-refractivity contribution < 1.29 is 13.2 Å². The van der Waals surface area contributed by atoms with Crippen molar-refractivity contribution in [1.29, 1.82) is 0 Å². The summed E-state index contributed by atoms with van der Waals surface area (Å²) in [6.45, 7) is 5.06. The highest BCUT2D eigenvalue weighted by molar-refractivity contribution is 7.89. The Morgan fingerprint density at radius 1 is 1.10 bits per heavy atom. The van der Waals surface area contributed by atoms with Gasteiger partial charge in [0.15, 0.2) is 0 Å². The molecule has 1 heterocycles. The lowest BCUT2D eigenvalue weighted by Crippen LogP contribution is -2.41. The molecule has 1 fully saturated rings. The lowest BCUT2D eigenvalue weighted by molar-refractivity contribution is -0.120. The molecule has 1 saturated heterocycles. The molecular formula is C25H32N2O3S. The van der Waals surface area contributed by atoms with E-state index in [1.165, 1.54) is 5.56 Å². The van der Waals surface area contributed by atoms with Gasteiger partial charge in [0.1, 0.15) is 0 Å². The average molecular weight is 441 g/mol. The van der Waals surface area contributed by atoms with Crippen LogP contribution in [-0.2, 0) is 27.7 Å². The number of fused-ring (bicyclic) bond motifs is 1. The van der Waals surface area contributed by atoms with E-state index in [0.29, 0.717) is 36.7 Å². The second-order valence-corrected chi connectivity index (χ2v) is 10.8. The van der Waals surface area contributed by atoms with Gasteiger partial charge in [0.25, 0.3) is 0 Å². The number of hydrogen-bond acceptors (Lipinski definition) is 3. The van der Waals surface area contributed by atoms with E-state index in [9.17, 15) is 13.2 Å². The van der Waals surface area contributed by atoms with Crippen molar-refractivity contribution in [3.63, 3.8) is 0 Å². The summed E-state index contributed by atoms with van der Waals surface area (Å²) >= 11 is 0. The molecule has 4 rings (SSSR count). The number of hydrogen-bond donors (Lipinski definition) is 1. The molecule has 1 atom stereocenters. The van der Waals surface area contributed by atoms with E-state index in [1.807, 2.05) is 30.3 Å². The topological polar surface area (TPSA) is 66.5 Å². The van der Waals surface area contributed by atoms with Gasteiger partial charge in [-0.2, -0.15) is 4.31 Å². The zero-order chi connectivity index (χ0) is 22.0. The number of carbonyl (C=O) groups is 1. The molecule has 31 heavy (non-hydrogen) atoms. The van der Waals surface area contributed by atoms with E-state index < -0.39 is 10.0 Å². The number of piperidine rings is 1. The first-order chi connectivity index (χ1) is 14.9. The fourth-order valence-electron chi connectivity index (χ4n) is 4.71. The van der Waals surface area contributed by atoms with Gasteiger partial charge in [-0.25, -0.2) is 8.42 Å². The zero-order valence-corrected chi connectivity index (χ0v) is 19.2. The number of para-hydroxylation sites is 1. The summed E-state index contributed by atoms with van der Waals surface area (Å²) in [5.41, 5.74) is 4.45. The maximum absolute atomic E-state index is 13.1. The molecule has 5 nitrogen and oxygen atoms in total. The van der Waals surface area contributed by atoms with Crippen LogP contribution in [-0.4, -0.2) is 31.7 Å². The van der Waals surface area contributed by atoms with Crippen molar-refractivity contribution in [3.05, 3.63) is 59.2 Å². The molecule has 6 heteroatoms. The number of nitrogens with zero attached hydrogens (tertiary/aromatic N) is 1. The van der Waals surface area contributed by atoms with Crippen LogP contribution in [0.3, 0.4) is 0 Å². The summed E-state index contributed by atoms with van der Waals surface area (Å²) in [5.74, 6) is 0.192. The zero-order valence-electron chi connectivity index (χ0n) is 18.4. The Bertz CT molecular complexity index is 1060. The lowest BCUT2D eigenvalue weighted by atomic mass is 9.94. The van der Waals surface area contributed by atoms with Crippen molar-refractivity contribution in [3.8, 4) is 0 Å². The van der Waals surface area contributed by atoms with E-state index in [0.717, 1.165) is 42.5 Å². The molecule has 0 aromatic heterocycles. The van der Waals surface area contributed by atoms with Crippen LogP contribution in [0.4, 0.5) is 5.69 Å². The number of amides is 1. The minimum absolute atomic E-state index is 0.00895. The van der Waals surface area contributed by atoms with Crippen molar-refractivity contribution >= 4 is 21.6 Å². The van der Waals surface area contributed by atoms with Crippen LogP contribution in [0.2, 0.25) is 0 Å². The third kappa shape index (κ3) is 4.55. The Morgan fingerprint density at radius 2 is 1.81 bits per heavy atom. The molecule has 166 valence electrons. The van der Waals surface area contributed by atoms with Gasteiger partial charge in [0.05, 0.1) is 4.90 Å². The maximum Gasteiger partial charge on any atom is 0.243 e. The summed E-state index contributed by atoms with van der Waals surface area (Å²) in [6.07, 6.45) is 5.18. The standard InChI is InChI=1S/C25H32N2O3S/c1-3-18(2)23-9-4-5-10-24(23)26-25(28)20-13-15-27(16-14-20)31(29,30)22-12-11-19-7-6-8-21(19)17-22/h4-5,9-12,17-18,20H,3,6-8,13-16H2,1-2H3,(H,26,28)/t18-/m0/s1. The number of carbonyl (C=O) groups excluding carboxylic acids is 1. The number of aryl methyl sites for hydroxylation is 2. The van der Waals surface area contributed by atoms with Gasteiger partial charge in [-0.1, -0.05) is 38.1 Å². The summed E-state index contributed by atoms with van der Waals surface area (Å²) in [6, 6.07) is 13.5. The van der Waals surface area contributed by atoms with E-state index in [-0.39, 0.29) is 11.8 Å². The predicted octanol–water partition coefficient (Wildman–Crippen LogP) is 4.73. The molecule has 1 N–H and O–H groups in total. The first-order valence-electron chi connectivity index (χ1n) is 11.4. The third-order valence-corrected chi connectivity index (χ3v) is 8.79. The van der Waals surface area contributed by atoms with Gasteiger partial charge >= 0.3 is 0 Å². The monoisotopic (exact) mass is 440 g/mol. The molecule has 2 aromatic carbocycles. The summed E-state index contributed by atoms with van der Waals surface area (Å²) < 4.78 is 27.8. The first-order valence-corrected chi connectivity index (χ1v) is 12.9. The third-order valence-electron chi connectivity index (χ3n) is 6.89. The van der Waals surface area contributed by atoms with E-state index in [2.05, 4.69) is 25.2 Å². The van der Waals surface area contributed by atoms with Gasteiger partial charge < -0.3 is 5.32 Å². The maximum atomic E-state index is 13.1. The van der Waals surface area contributed by atoms with Gasteiger partial charge in [0.2, 0.25) is 15.9 Å². The number of rotatable bonds is 6. The fourth-order valence-corrected chi connectivity index (χ4v) is 6.23. The smallest absolute Gasteiger partial charge is 0.243 e. The number of sulfonamides is 1. The van der Waals surface area contributed by atoms with Crippen molar-refractivity contribution in [2.45, 2.75) is 63.2 Å². The van der Waals surface area contributed by atoms with Crippen LogP contribution < -0.4 is 5.32 Å². The molecule has 2 aliphatic rings. The first kappa shape index (κ1) is 22.0. The second kappa shape index (κ2) is 9.13. The highest BCUT2D eigenvalue weighted by Crippen LogP contribution is 2.30. The van der Waals surface area contributed by atoms with Crippen molar-refractivity contribution in [2.24, 2.45) is 5.92 Å². The van der Waals surface area contributed by atoms with Crippen LogP contribution in [0.25, 0.3) is 0 Å². The summed E-state index contributed by atoms with van der Waals surface area (Å²) in [7, 11) is -3.51. The normalized spacial score (nSPS) is 18.5. The Kier molecular flexibility index (Phi) is 6.49. The molecule has 1 aliphatic carbocycles. The van der Waals surface area contributed by atoms with Gasteiger partial charge in [-0.15, -0.1) is 0 Å². The largest absolute Gasteiger partial charge is 0.326 e. The fraction of sp³-hybridized carbons (Fsp3) is 0.480. The molecule has 0 saturated carbocycles. The van der Waals surface area contributed by atoms with Crippen molar-refractivity contribution in [1.82, 2.24) is 4.31 Å². The van der Waals surface area contributed by atoms with Crippen LogP contribution in [0.15, 0.2) is 47.4 Å². The minimum atomic E-state index is -3.51.